The van der Waals surface area contributed by atoms with Gasteiger partial charge in [0.05, 0.1) is 11.3 Å². The number of nitrogens with one attached hydrogen (secondary N) is 1. The van der Waals surface area contributed by atoms with Crippen LogP contribution < -0.4 is 5.32 Å². The van der Waals surface area contributed by atoms with Gasteiger partial charge in [0.15, 0.2) is 5.58 Å². The maximum Gasteiger partial charge on any atom is 0.153 e. The Morgan fingerprint density at radius 3 is 2.72 bits per heavy atom. The van der Waals surface area contributed by atoms with Crippen LogP contribution in [0.3, 0.4) is 0 Å². The smallest absolute Gasteiger partial charge is 0.153 e. The van der Waals surface area contributed by atoms with E-state index in [9.17, 15) is 0 Å². The molecule has 0 aliphatic carbocycles. The minimum Gasteiger partial charge on any atom is -0.462 e. The molecule has 2 rings (SSSR count). The van der Waals surface area contributed by atoms with E-state index in [1.54, 1.807) is 6.26 Å². The Morgan fingerprint density at radius 2 is 2.06 bits per heavy atom. The van der Waals surface area contributed by atoms with Crippen molar-refractivity contribution in [3.63, 3.8) is 0 Å². The highest BCUT2D eigenvalue weighted by Crippen LogP contribution is 2.34. The zero-order valence-electron chi connectivity index (χ0n) is 10.8. The van der Waals surface area contributed by atoms with Crippen molar-refractivity contribution in [2.24, 2.45) is 0 Å². The molecule has 0 unspecified atom stereocenters. The Hall–Kier alpha value is -0.510. The Labute approximate surface area is 121 Å². The summed E-state index contributed by atoms with van der Waals surface area (Å²) < 4.78 is 6.58. The SMILES string of the molecule is CC(C)(C)NCCc1coc2c(Cl)ccc(Br)c12. The van der Waals surface area contributed by atoms with Crippen molar-refractivity contribution in [3.05, 3.63) is 33.5 Å². The van der Waals surface area contributed by atoms with Gasteiger partial charge in [0.2, 0.25) is 0 Å². The van der Waals surface area contributed by atoms with Crippen LogP contribution >= 0.6 is 27.5 Å². The summed E-state index contributed by atoms with van der Waals surface area (Å²) >= 11 is 9.67. The molecule has 2 aromatic rings. The van der Waals surface area contributed by atoms with Gasteiger partial charge in [-0.1, -0.05) is 27.5 Å². The Bertz CT molecular complexity index is 557. The van der Waals surface area contributed by atoms with Crippen LogP contribution in [0, 0.1) is 0 Å². The molecule has 18 heavy (non-hydrogen) atoms. The zero-order valence-corrected chi connectivity index (χ0v) is 13.2. The number of furan rings is 1. The first-order valence-corrected chi connectivity index (χ1v) is 7.15. The highest BCUT2D eigenvalue weighted by Gasteiger charge is 2.13. The highest BCUT2D eigenvalue weighted by atomic mass is 79.9. The minimum absolute atomic E-state index is 0.133. The van der Waals surface area contributed by atoms with Gasteiger partial charge in [-0.25, -0.2) is 0 Å². The molecular formula is C14H17BrClNO. The summed E-state index contributed by atoms with van der Waals surface area (Å²) in [6, 6.07) is 3.80. The Balaban J connectivity index is 2.22. The van der Waals surface area contributed by atoms with E-state index in [0.29, 0.717) is 5.02 Å². The number of hydrogen-bond donors (Lipinski definition) is 1. The Morgan fingerprint density at radius 1 is 1.33 bits per heavy atom. The molecule has 0 saturated carbocycles. The highest BCUT2D eigenvalue weighted by molar-refractivity contribution is 9.10. The second-order valence-electron chi connectivity index (χ2n) is 5.42. The third kappa shape index (κ3) is 3.08. The van der Waals surface area contributed by atoms with Crippen molar-refractivity contribution in [1.82, 2.24) is 5.32 Å². The van der Waals surface area contributed by atoms with E-state index < -0.39 is 0 Å². The fourth-order valence-corrected chi connectivity index (χ4v) is 2.66. The number of fused-ring (bicyclic) bond motifs is 1. The van der Waals surface area contributed by atoms with E-state index in [2.05, 4.69) is 42.0 Å². The van der Waals surface area contributed by atoms with E-state index >= 15 is 0 Å². The van der Waals surface area contributed by atoms with Crippen molar-refractivity contribution in [2.75, 3.05) is 6.54 Å². The number of hydrogen-bond acceptors (Lipinski definition) is 2. The molecule has 1 aromatic heterocycles. The van der Waals surface area contributed by atoms with Crippen molar-refractivity contribution >= 4 is 38.5 Å². The predicted octanol–water partition coefficient (Wildman–Crippen LogP) is 4.78. The van der Waals surface area contributed by atoms with Crippen LogP contribution in [0.2, 0.25) is 5.02 Å². The number of halogens is 2. The van der Waals surface area contributed by atoms with E-state index in [0.717, 1.165) is 28.4 Å². The molecule has 4 heteroatoms. The monoisotopic (exact) mass is 329 g/mol. The molecule has 1 N–H and O–H groups in total. The van der Waals surface area contributed by atoms with Crippen LogP contribution in [-0.2, 0) is 6.42 Å². The first-order chi connectivity index (χ1) is 8.38. The molecule has 0 spiro atoms. The summed E-state index contributed by atoms with van der Waals surface area (Å²) in [5.41, 5.74) is 2.07. The van der Waals surface area contributed by atoms with Crippen molar-refractivity contribution in [3.8, 4) is 0 Å². The molecule has 0 aliphatic heterocycles. The topological polar surface area (TPSA) is 25.2 Å². The van der Waals surface area contributed by atoms with Crippen LogP contribution in [0.15, 0.2) is 27.3 Å². The van der Waals surface area contributed by atoms with Gasteiger partial charge in [-0.3, -0.25) is 0 Å². The van der Waals surface area contributed by atoms with Gasteiger partial charge in [0.1, 0.15) is 0 Å². The van der Waals surface area contributed by atoms with Gasteiger partial charge >= 0.3 is 0 Å². The lowest BCUT2D eigenvalue weighted by Crippen LogP contribution is -2.37. The number of benzene rings is 1. The van der Waals surface area contributed by atoms with Crippen molar-refractivity contribution in [2.45, 2.75) is 32.7 Å². The molecule has 0 bridgehead atoms. The second-order valence-corrected chi connectivity index (χ2v) is 6.68. The first kappa shape index (κ1) is 13.9. The van der Waals surface area contributed by atoms with Gasteiger partial charge in [0, 0.05) is 21.0 Å². The van der Waals surface area contributed by atoms with E-state index in [1.165, 1.54) is 5.56 Å². The van der Waals surface area contributed by atoms with Gasteiger partial charge in [-0.2, -0.15) is 0 Å². The maximum atomic E-state index is 6.12. The maximum absolute atomic E-state index is 6.12. The summed E-state index contributed by atoms with van der Waals surface area (Å²) in [6.45, 7) is 7.39. The molecule has 2 nitrogen and oxygen atoms in total. The lowest BCUT2D eigenvalue weighted by Gasteiger charge is -2.20. The standard InChI is InChI=1S/C14H17BrClNO/c1-14(2,3)17-7-6-9-8-18-13-11(16)5-4-10(15)12(9)13/h4-5,8,17H,6-7H2,1-3H3. The molecule has 0 radical (unpaired) electrons. The molecule has 1 heterocycles. The summed E-state index contributed by atoms with van der Waals surface area (Å²) in [6.07, 6.45) is 2.72. The summed E-state index contributed by atoms with van der Waals surface area (Å²) in [4.78, 5) is 0. The second kappa shape index (κ2) is 5.24. The summed E-state index contributed by atoms with van der Waals surface area (Å²) in [5, 5.41) is 5.21. The molecule has 0 atom stereocenters. The third-order valence-electron chi connectivity index (χ3n) is 2.75. The lowest BCUT2D eigenvalue weighted by atomic mass is 10.1. The largest absolute Gasteiger partial charge is 0.462 e. The average molecular weight is 331 g/mol. The van der Waals surface area contributed by atoms with Crippen LogP contribution in [0.4, 0.5) is 0 Å². The van der Waals surface area contributed by atoms with Gasteiger partial charge in [-0.15, -0.1) is 0 Å². The summed E-state index contributed by atoms with van der Waals surface area (Å²) in [7, 11) is 0. The molecule has 1 aromatic carbocycles. The van der Waals surface area contributed by atoms with Crippen molar-refractivity contribution < 1.29 is 4.42 Å². The predicted molar refractivity (Wildman–Crippen MR) is 80.4 cm³/mol. The molecule has 0 fully saturated rings. The fraction of sp³-hybridized carbons (Fsp3) is 0.429. The van der Waals surface area contributed by atoms with E-state index in [1.807, 2.05) is 12.1 Å². The molecule has 0 saturated heterocycles. The fourth-order valence-electron chi connectivity index (χ4n) is 1.89. The Kier molecular flexibility index (Phi) is 4.05. The third-order valence-corrected chi connectivity index (χ3v) is 3.71. The zero-order chi connectivity index (χ0) is 13.3. The van der Waals surface area contributed by atoms with Crippen molar-refractivity contribution in [1.29, 1.82) is 0 Å². The van der Waals surface area contributed by atoms with Crippen LogP contribution in [0.25, 0.3) is 11.0 Å². The quantitative estimate of drug-likeness (QED) is 0.876. The van der Waals surface area contributed by atoms with Gasteiger partial charge in [0.25, 0.3) is 0 Å². The van der Waals surface area contributed by atoms with Gasteiger partial charge < -0.3 is 9.73 Å². The minimum atomic E-state index is 0.133. The molecule has 0 amide bonds. The van der Waals surface area contributed by atoms with Gasteiger partial charge in [-0.05, 0) is 45.9 Å². The molecular weight excluding hydrogens is 314 g/mol. The normalized spacial score (nSPS) is 12.3. The molecule has 0 aliphatic rings. The van der Waals surface area contributed by atoms with Crippen LogP contribution in [-0.4, -0.2) is 12.1 Å². The van der Waals surface area contributed by atoms with E-state index in [4.69, 9.17) is 16.0 Å². The van der Waals surface area contributed by atoms with Crippen LogP contribution in [0.5, 0.6) is 0 Å². The lowest BCUT2D eigenvalue weighted by molar-refractivity contribution is 0.429. The van der Waals surface area contributed by atoms with Crippen LogP contribution in [0.1, 0.15) is 26.3 Å². The number of rotatable bonds is 3. The van der Waals surface area contributed by atoms with E-state index in [-0.39, 0.29) is 5.54 Å². The first-order valence-electron chi connectivity index (χ1n) is 5.97. The molecule has 98 valence electrons. The summed E-state index contributed by atoms with van der Waals surface area (Å²) in [5.74, 6) is 0. The average Bonchev–Trinajstić information content (AvgIpc) is 2.67.